The highest BCUT2D eigenvalue weighted by atomic mass is 32.1. The highest BCUT2D eigenvalue weighted by Gasteiger charge is 2.11. The van der Waals surface area contributed by atoms with E-state index in [4.69, 9.17) is 17.0 Å². The van der Waals surface area contributed by atoms with Gasteiger partial charge in [-0.1, -0.05) is 12.1 Å². The summed E-state index contributed by atoms with van der Waals surface area (Å²) in [6.07, 6.45) is 2.90. The summed E-state index contributed by atoms with van der Waals surface area (Å²) >= 11 is 4.98. The molecule has 0 heterocycles. The smallest absolute Gasteiger partial charge is 0.273 e. The van der Waals surface area contributed by atoms with Crippen LogP contribution in [0.5, 0.6) is 11.5 Å². The number of anilines is 1. The maximum Gasteiger partial charge on any atom is 0.273 e. The molecule has 0 radical (unpaired) electrons. The van der Waals surface area contributed by atoms with Crippen LogP contribution in [0.2, 0.25) is 0 Å². The molecule has 1 amide bonds. The minimum absolute atomic E-state index is 0.0569. The summed E-state index contributed by atoms with van der Waals surface area (Å²) in [5.74, 6) is -0.121. The number of nitro benzene ring substituents is 1. The normalized spacial score (nSPS) is 10.3. The van der Waals surface area contributed by atoms with Gasteiger partial charge in [0.2, 0.25) is 5.91 Å². The number of phenols is 1. The lowest BCUT2D eigenvalue weighted by Crippen LogP contribution is -2.32. The van der Waals surface area contributed by atoms with Gasteiger partial charge in [-0.3, -0.25) is 20.2 Å². The fraction of sp³-hybridized carbons (Fsp3) is 0.0588. The molecule has 0 saturated heterocycles. The first-order valence-electron chi connectivity index (χ1n) is 7.30. The van der Waals surface area contributed by atoms with E-state index in [9.17, 15) is 20.0 Å². The van der Waals surface area contributed by atoms with Crippen molar-refractivity contribution in [1.82, 2.24) is 5.32 Å². The molecule has 0 fully saturated rings. The van der Waals surface area contributed by atoms with Crippen LogP contribution in [0.4, 0.5) is 11.4 Å². The fourth-order valence-electron chi connectivity index (χ4n) is 1.93. The maximum atomic E-state index is 11.9. The summed E-state index contributed by atoms with van der Waals surface area (Å²) in [4.78, 5) is 21.9. The van der Waals surface area contributed by atoms with Gasteiger partial charge in [-0.05, 0) is 42.1 Å². The number of hydrogen-bond donors (Lipinski definition) is 3. The molecule has 3 N–H and O–H groups in total. The van der Waals surface area contributed by atoms with Gasteiger partial charge in [0, 0.05) is 12.1 Å². The van der Waals surface area contributed by atoms with Crippen molar-refractivity contribution in [3.63, 3.8) is 0 Å². The second kappa shape index (κ2) is 8.58. The Bertz CT molecular complexity index is 865. The van der Waals surface area contributed by atoms with Crippen LogP contribution in [-0.4, -0.2) is 28.2 Å². The Kier molecular flexibility index (Phi) is 6.23. The summed E-state index contributed by atoms with van der Waals surface area (Å²) in [6.45, 7) is 0. The van der Waals surface area contributed by atoms with Gasteiger partial charge in [0.25, 0.3) is 5.69 Å². The number of amides is 1. The van der Waals surface area contributed by atoms with E-state index in [2.05, 4.69) is 10.6 Å². The molecule has 26 heavy (non-hydrogen) atoms. The number of carbonyl (C=O) groups excluding carboxylic acids is 1. The molecule has 0 aliphatic carbocycles. The van der Waals surface area contributed by atoms with Crippen LogP contribution in [-0.2, 0) is 4.79 Å². The van der Waals surface area contributed by atoms with Crippen molar-refractivity contribution in [3.8, 4) is 11.5 Å². The average molecular weight is 373 g/mol. The van der Waals surface area contributed by atoms with Gasteiger partial charge in [0.1, 0.15) is 11.5 Å². The van der Waals surface area contributed by atoms with Crippen molar-refractivity contribution < 1.29 is 19.6 Å². The van der Waals surface area contributed by atoms with Crippen LogP contribution in [0.1, 0.15) is 5.56 Å². The lowest BCUT2D eigenvalue weighted by molar-refractivity contribution is -0.384. The molecule has 9 heteroatoms. The third kappa shape index (κ3) is 5.28. The Labute approximate surface area is 154 Å². The average Bonchev–Trinajstić information content (AvgIpc) is 2.62. The number of phenolic OH excluding ortho intramolecular Hbond substituents is 1. The molecule has 0 spiro atoms. The highest BCUT2D eigenvalue weighted by molar-refractivity contribution is 7.80. The molecular formula is C17H15N3O5S. The number of methoxy groups -OCH3 is 1. The SMILES string of the molecule is COc1ccc(C=CC(=O)NC(=S)Nc2ccc([N+](=O)[O-])cc2O)cc1. The summed E-state index contributed by atoms with van der Waals surface area (Å²) < 4.78 is 5.05. The first kappa shape index (κ1) is 18.9. The van der Waals surface area contributed by atoms with Crippen LogP contribution < -0.4 is 15.4 Å². The number of non-ortho nitro benzene ring substituents is 1. The predicted octanol–water partition coefficient (Wildman–Crippen LogP) is 2.84. The zero-order valence-electron chi connectivity index (χ0n) is 13.6. The molecule has 0 unspecified atom stereocenters. The van der Waals surface area contributed by atoms with Crippen molar-refractivity contribution in [3.05, 3.63) is 64.2 Å². The van der Waals surface area contributed by atoms with Crippen LogP contribution in [0.15, 0.2) is 48.5 Å². The molecule has 2 rings (SSSR count). The van der Waals surface area contributed by atoms with E-state index >= 15 is 0 Å². The zero-order valence-corrected chi connectivity index (χ0v) is 14.4. The quantitative estimate of drug-likeness (QED) is 0.243. The fourth-order valence-corrected chi connectivity index (χ4v) is 2.14. The van der Waals surface area contributed by atoms with Gasteiger partial charge in [0.05, 0.1) is 23.8 Å². The van der Waals surface area contributed by atoms with E-state index in [0.29, 0.717) is 5.75 Å². The number of nitro groups is 1. The lowest BCUT2D eigenvalue weighted by atomic mass is 10.2. The summed E-state index contributed by atoms with van der Waals surface area (Å²) in [5.41, 5.74) is 0.679. The molecule has 2 aromatic rings. The Morgan fingerprint density at radius 2 is 1.96 bits per heavy atom. The van der Waals surface area contributed by atoms with E-state index < -0.39 is 10.8 Å². The van der Waals surface area contributed by atoms with E-state index in [1.807, 2.05) is 0 Å². The van der Waals surface area contributed by atoms with Gasteiger partial charge in [-0.25, -0.2) is 0 Å². The molecule has 134 valence electrons. The second-order valence-corrected chi connectivity index (χ2v) is 5.42. The molecule has 2 aromatic carbocycles. The number of nitrogens with one attached hydrogen (secondary N) is 2. The Hall–Kier alpha value is -3.46. The van der Waals surface area contributed by atoms with E-state index in [1.165, 1.54) is 18.2 Å². The first-order valence-corrected chi connectivity index (χ1v) is 7.71. The lowest BCUT2D eigenvalue weighted by Gasteiger charge is -2.09. The van der Waals surface area contributed by atoms with E-state index in [0.717, 1.165) is 11.6 Å². The third-order valence-electron chi connectivity index (χ3n) is 3.22. The van der Waals surface area contributed by atoms with Gasteiger partial charge < -0.3 is 15.2 Å². The van der Waals surface area contributed by atoms with Gasteiger partial charge in [-0.2, -0.15) is 0 Å². The monoisotopic (exact) mass is 373 g/mol. The number of rotatable bonds is 5. The highest BCUT2D eigenvalue weighted by Crippen LogP contribution is 2.27. The molecule has 0 saturated carbocycles. The van der Waals surface area contributed by atoms with E-state index in [-0.39, 0.29) is 22.2 Å². The standard InChI is InChI=1S/C17H15N3O5S/c1-25-13-6-2-11(3-7-13)4-9-16(22)19-17(26)18-14-8-5-12(20(23)24)10-15(14)21/h2-10,21H,1H3,(H2,18,19,22,26). The predicted molar refractivity (Wildman–Crippen MR) is 101 cm³/mol. The molecule has 8 nitrogen and oxygen atoms in total. The van der Waals surface area contributed by atoms with Gasteiger partial charge >= 0.3 is 0 Å². The number of hydrogen-bond acceptors (Lipinski definition) is 6. The number of benzene rings is 2. The Balaban J connectivity index is 1.93. The second-order valence-electron chi connectivity index (χ2n) is 5.01. The third-order valence-corrected chi connectivity index (χ3v) is 3.42. The minimum Gasteiger partial charge on any atom is -0.506 e. The van der Waals surface area contributed by atoms with Crippen molar-refractivity contribution in [2.75, 3.05) is 12.4 Å². The van der Waals surface area contributed by atoms with Crippen molar-refractivity contribution in [1.29, 1.82) is 0 Å². The van der Waals surface area contributed by atoms with Crippen LogP contribution in [0, 0.1) is 10.1 Å². The van der Waals surface area contributed by atoms with Crippen molar-refractivity contribution in [2.24, 2.45) is 0 Å². The summed E-state index contributed by atoms with van der Waals surface area (Å²) in [5, 5.41) is 25.3. The zero-order chi connectivity index (χ0) is 19.1. The van der Waals surface area contributed by atoms with Crippen LogP contribution >= 0.6 is 12.2 Å². The summed E-state index contributed by atoms with van der Waals surface area (Å²) in [7, 11) is 1.56. The number of thiocarbonyl (C=S) groups is 1. The minimum atomic E-state index is -0.631. The topological polar surface area (TPSA) is 114 Å². The maximum absolute atomic E-state index is 11.9. The molecule has 0 atom stereocenters. The van der Waals surface area contributed by atoms with Crippen LogP contribution in [0.3, 0.4) is 0 Å². The Morgan fingerprint density at radius 1 is 1.27 bits per heavy atom. The largest absolute Gasteiger partial charge is 0.506 e. The number of ether oxygens (including phenoxy) is 1. The van der Waals surface area contributed by atoms with Crippen molar-refractivity contribution >= 4 is 40.7 Å². The Morgan fingerprint density at radius 3 is 2.54 bits per heavy atom. The number of aromatic hydroxyl groups is 1. The van der Waals surface area contributed by atoms with Gasteiger partial charge in [0.15, 0.2) is 5.11 Å². The molecular weight excluding hydrogens is 358 g/mol. The molecule has 0 aliphatic heterocycles. The molecule has 0 aromatic heterocycles. The van der Waals surface area contributed by atoms with Gasteiger partial charge in [-0.15, -0.1) is 0 Å². The summed E-state index contributed by atoms with van der Waals surface area (Å²) in [6, 6.07) is 10.6. The molecule has 0 bridgehead atoms. The van der Waals surface area contributed by atoms with E-state index in [1.54, 1.807) is 37.5 Å². The molecule has 0 aliphatic rings. The van der Waals surface area contributed by atoms with Crippen molar-refractivity contribution in [2.45, 2.75) is 0 Å². The first-order chi connectivity index (χ1) is 12.4. The van der Waals surface area contributed by atoms with Crippen LogP contribution in [0.25, 0.3) is 6.08 Å². The number of carbonyl (C=O) groups is 1. The number of nitrogens with zero attached hydrogens (tertiary/aromatic N) is 1.